The molecule has 0 aliphatic carbocycles. The predicted molar refractivity (Wildman–Crippen MR) is 73.1 cm³/mol. The molecule has 0 amide bonds. The number of rotatable bonds is 3. The number of nitrogens with one attached hydrogen (secondary N) is 1. The van der Waals surface area contributed by atoms with E-state index in [0.717, 1.165) is 10.2 Å². The molecular formula is C13H18BrNO2. The van der Waals surface area contributed by atoms with E-state index in [4.69, 9.17) is 4.74 Å². The number of hydrogen-bond acceptors (Lipinski definition) is 3. The standard InChI is InChI=1S/C13H18BrNO2/c1-9(12(16)17-13(2,3)4)15-11-7-5-10(14)6-8-11/h5-9,15H,1-4H3. The second-order valence-electron chi connectivity index (χ2n) is 4.91. The van der Waals surface area contributed by atoms with Crippen LogP contribution >= 0.6 is 15.9 Å². The first-order valence-electron chi connectivity index (χ1n) is 5.53. The molecule has 1 N–H and O–H groups in total. The Hall–Kier alpha value is -1.03. The zero-order valence-electron chi connectivity index (χ0n) is 10.6. The van der Waals surface area contributed by atoms with Crippen molar-refractivity contribution in [1.29, 1.82) is 0 Å². The minimum Gasteiger partial charge on any atom is -0.458 e. The molecule has 0 radical (unpaired) electrons. The van der Waals surface area contributed by atoms with Gasteiger partial charge in [0.2, 0.25) is 0 Å². The Labute approximate surface area is 111 Å². The molecule has 1 aromatic rings. The fraction of sp³-hybridized carbons (Fsp3) is 0.462. The lowest BCUT2D eigenvalue weighted by molar-refractivity contribution is -0.155. The van der Waals surface area contributed by atoms with Crippen molar-refractivity contribution in [2.75, 3.05) is 5.32 Å². The quantitative estimate of drug-likeness (QED) is 0.867. The predicted octanol–water partition coefficient (Wildman–Crippen LogP) is 3.59. The average molecular weight is 300 g/mol. The molecule has 0 aliphatic rings. The smallest absolute Gasteiger partial charge is 0.328 e. The topological polar surface area (TPSA) is 38.3 Å². The monoisotopic (exact) mass is 299 g/mol. The van der Waals surface area contributed by atoms with Crippen molar-refractivity contribution < 1.29 is 9.53 Å². The van der Waals surface area contributed by atoms with Gasteiger partial charge in [0, 0.05) is 10.2 Å². The van der Waals surface area contributed by atoms with Gasteiger partial charge in [0.15, 0.2) is 0 Å². The van der Waals surface area contributed by atoms with Gasteiger partial charge in [-0.25, -0.2) is 4.79 Å². The molecule has 0 aliphatic heterocycles. The summed E-state index contributed by atoms with van der Waals surface area (Å²) in [6.07, 6.45) is 0. The van der Waals surface area contributed by atoms with Crippen molar-refractivity contribution in [3.05, 3.63) is 28.7 Å². The third kappa shape index (κ3) is 5.22. The van der Waals surface area contributed by atoms with E-state index >= 15 is 0 Å². The fourth-order valence-corrected chi connectivity index (χ4v) is 1.51. The third-order valence-electron chi connectivity index (χ3n) is 1.99. The van der Waals surface area contributed by atoms with Gasteiger partial charge in [-0.05, 0) is 52.0 Å². The molecule has 0 spiro atoms. The summed E-state index contributed by atoms with van der Waals surface area (Å²) in [5.41, 5.74) is 0.443. The van der Waals surface area contributed by atoms with Crippen LogP contribution < -0.4 is 5.32 Å². The van der Waals surface area contributed by atoms with Gasteiger partial charge in [0.05, 0.1) is 0 Å². The minimum atomic E-state index is -0.452. The highest BCUT2D eigenvalue weighted by Crippen LogP contribution is 2.16. The highest BCUT2D eigenvalue weighted by Gasteiger charge is 2.21. The van der Waals surface area contributed by atoms with Gasteiger partial charge >= 0.3 is 5.97 Å². The van der Waals surface area contributed by atoms with Gasteiger partial charge in [0.1, 0.15) is 11.6 Å². The number of halogens is 1. The second-order valence-corrected chi connectivity index (χ2v) is 5.82. The second kappa shape index (κ2) is 5.54. The van der Waals surface area contributed by atoms with Crippen LogP contribution in [0.2, 0.25) is 0 Å². The summed E-state index contributed by atoms with van der Waals surface area (Å²) in [5.74, 6) is -0.250. The molecule has 0 fully saturated rings. The van der Waals surface area contributed by atoms with Gasteiger partial charge < -0.3 is 10.1 Å². The van der Waals surface area contributed by atoms with Crippen LogP contribution in [0.3, 0.4) is 0 Å². The maximum absolute atomic E-state index is 11.7. The Morgan fingerprint density at radius 3 is 2.29 bits per heavy atom. The lowest BCUT2D eigenvalue weighted by Crippen LogP contribution is -2.34. The number of esters is 1. The summed E-state index contributed by atoms with van der Waals surface area (Å²) in [6, 6.07) is 7.29. The molecule has 0 heterocycles. The molecule has 17 heavy (non-hydrogen) atoms. The SMILES string of the molecule is CC(Nc1ccc(Br)cc1)C(=O)OC(C)(C)C. The number of anilines is 1. The van der Waals surface area contributed by atoms with Crippen LogP contribution in [0.4, 0.5) is 5.69 Å². The fourth-order valence-electron chi connectivity index (χ4n) is 1.25. The average Bonchev–Trinajstić information content (AvgIpc) is 2.19. The number of carbonyl (C=O) groups is 1. The van der Waals surface area contributed by atoms with Crippen LogP contribution in [0.15, 0.2) is 28.7 Å². The van der Waals surface area contributed by atoms with E-state index in [-0.39, 0.29) is 12.0 Å². The van der Waals surface area contributed by atoms with Crippen molar-refractivity contribution in [3.8, 4) is 0 Å². The molecule has 0 saturated heterocycles. The molecule has 1 atom stereocenters. The maximum Gasteiger partial charge on any atom is 0.328 e. The van der Waals surface area contributed by atoms with Crippen LogP contribution in [0.25, 0.3) is 0 Å². The van der Waals surface area contributed by atoms with E-state index in [1.807, 2.05) is 45.0 Å². The normalized spacial score (nSPS) is 13.0. The first-order valence-corrected chi connectivity index (χ1v) is 6.32. The zero-order chi connectivity index (χ0) is 13.1. The van der Waals surface area contributed by atoms with Crippen LogP contribution in [0, 0.1) is 0 Å². The van der Waals surface area contributed by atoms with Crippen LogP contribution in [-0.2, 0) is 9.53 Å². The summed E-state index contributed by atoms with van der Waals surface area (Å²) in [6.45, 7) is 7.36. The summed E-state index contributed by atoms with van der Waals surface area (Å²) in [5, 5.41) is 3.10. The summed E-state index contributed by atoms with van der Waals surface area (Å²) >= 11 is 3.36. The molecule has 4 heteroatoms. The van der Waals surface area contributed by atoms with Crippen molar-refractivity contribution in [2.45, 2.75) is 39.3 Å². The Balaban J connectivity index is 2.57. The van der Waals surface area contributed by atoms with Gasteiger partial charge in [-0.3, -0.25) is 0 Å². The van der Waals surface area contributed by atoms with Crippen molar-refractivity contribution >= 4 is 27.6 Å². The van der Waals surface area contributed by atoms with E-state index in [1.54, 1.807) is 6.92 Å². The molecule has 0 aromatic heterocycles. The first kappa shape index (κ1) is 14.0. The largest absolute Gasteiger partial charge is 0.458 e. The van der Waals surface area contributed by atoms with Gasteiger partial charge in [-0.1, -0.05) is 15.9 Å². The highest BCUT2D eigenvalue weighted by molar-refractivity contribution is 9.10. The molecule has 1 unspecified atom stereocenters. The molecule has 1 rings (SSSR count). The minimum absolute atomic E-state index is 0.250. The molecular weight excluding hydrogens is 282 g/mol. The lowest BCUT2D eigenvalue weighted by Gasteiger charge is -2.23. The summed E-state index contributed by atoms with van der Waals surface area (Å²) in [7, 11) is 0. The van der Waals surface area contributed by atoms with Gasteiger partial charge in [-0.15, -0.1) is 0 Å². The number of benzene rings is 1. The number of hydrogen-bond donors (Lipinski definition) is 1. The third-order valence-corrected chi connectivity index (χ3v) is 2.52. The Morgan fingerprint density at radius 2 is 1.82 bits per heavy atom. The van der Waals surface area contributed by atoms with Crippen molar-refractivity contribution in [3.63, 3.8) is 0 Å². The Bertz CT molecular complexity index is 381. The zero-order valence-corrected chi connectivity index (χ0v) is 12.2. The van der Waals surface area contributed by atoms with Crippen LogP contribution in [0.5, 0.6) is 0 Å². The number of ether oxygens (including phenoxy) is 1. The highest BCUT2D eigenvalue weighted by atomic mass is 79.9. The molecule has 0 saturated carbocycles. The molecule has 0 bridgehead atoms. The first-order chi connectivity index (χ1) is 7.78. The van der Waals surface area contributed by atoms with E-state index in [9.17, 15) is 4.79 Å². The molecule has 3 nitrogen and oxygen atoms in total. The number of carbonyl (C=O) groups excluding carboxylic acids is 1. The lowest BCUT2D eigenvalue weighted by atomic mass is 10.2. The molecule has 1 aromatic carbocycles. The molecule has 94 valence electrons. The summed E-state index contributed by atoms with van der Waals surface area (Å²) in [4.78, 5) is 11.7. The van der Waals surface area contributed by atoms with Crippen LogP contribution in [-0.4, -0.2) is 17.6 Å². The van der Waals surface area contributed by atoms with Gasteiger partial charge in [-0.2, -0.15) is 0 Å². The van der Waals surface area contributed by atoms with Crippen molar-refractivity contribution in [1.82, 2.24) is 0 Å². The van der Waals surface area contributed by atoms with E-state index in [0.29, 0.717) is 0 Å². The van der Waals surface area contributed by atoms with E-state index in [1.165, 1.54) is 0 Å². The Morgan fingerprint density at radius 1 is 1.29 bits per heavy atom. The summed E-state index contributed by atoms with van der Waals surface area (Å²) < 4.78 is 6.29. The van der Waals surface area contributed by atoms with Crippen LogP contribution in [0.1, 0.15) is 27.7 Å². The van der Waals surface area contributed by atoms with Crippen molar-refractivity contribution in [2.24, 2.45) is 0 Å². The van der Waals surface area contributed by atoms with Gasteiger partial charge in [0.25, 0.3) is 0 Å². The maximum atomic E-state index is 11.7. The van der Waals surface area contributed by atoms with E-state index < -0.39 is 5.60 Å². The van der Waals surface area contributed by atoms with E-state index in [2.05, 4.69) is 21.2 Å². The Kier molecular flexibility index (Phi) is 4.57.